The Labute approximate surface area is 167 Å². The summed E-state index contributed by atoms with van der Waals surface area (Å²) in [7, 11) is 3.48. The molecule has 0 aliphatic heterocycles. The summed E-state index contributed by atoms with van der Waals surface area (Å²) in [6.07, 6.45) is 3.78. The number of aromatic nitrogens is 2. The molecule has 28 heavy (non-hydrogen) atoms. The van der Waals surface area contributed by atoms with Crippen LogP contribution in [0.4, 0.5) is 4.39 Å². The molecular weight excluding hydrogens is 377 g/mol. The van der Waals surface area contributed by atoms with Crippen molar-refractivity contribution in [2.75, 3.05) is 12.9 Å². The highest BCUT2D eigenvalue weighted by atomic mass is 32.2. The summed E-state index contributed by atoms with van der Waals surface area (Å²) in [5.74, 6) is 1.46. The van der Waals surface area contributed by atoms with Gasteiger partial charge in [0.25, 0.3) is 0 Å². The van der Waals surface area contributed by atoms with E-state index in [1.54, 1.807) is 31.5 Å². The number of carbonyl (C=O) groups is 1. The van der Waals surface area contributed by atoms with E-state index in [0.717, 1.165) is 5.56 Å². The zero-order valence-electron chi connectivity index (χ0n) is 15.8. The van der Waals surface area contributed by atoms with Crippen LogP contribution in [0.3, 0.4) is 0 Å². The number of hydrogen-bond donors (Lipinski definition) is 1. The van der Waals surface area contributed by atoms with Crippen LogP contribution < -0.4 is 10.1 Å². The van der Waals surface area contributed by atoms with Crippen LogP contribution in [0.25, 0.3) is 0 Å². The van der Waals surface area contributed by atoms with Crippen molar-refractivity contribution in [3.63, 3.8) is 0 Å². The Bertz CT molecular complexity index is 945. The van der Waals surface area contributed by atoms with Crippen LogP contribution in [-0.2, 0) is 11.8 Å². The van der Waals surface area contributed by atoms with Gasteiger partial charge in [-0.05, 0) is 18.2 Å². The number of thioether (sulfide) groups is 1. The molecule has 1 amide bonds. The Hall–Kier alpha value is -2.80. The highest BCUT2D eigenvalue weighted by Gasteiger charge is 2.23. The van der Waals surface area contributed by atoms with Gasteiger partial charge in [-0.15, -0.1) is 11.8 Å². The van der Waals surface area contributed by atoms with Crippen molar-refractivity contribution in [1.82, 2.24) is 14.9 Å². The van der Waals surface area contributed by atoms with Crippen LogP contribution >= 0.6 is 11.8 Å². The van der Waals surface area contributed by atoms with Gasteiger partial charge in [-0.25, -0.2) is 9.37 Å². The second-order valence-corrected chi connectivity index (χ2v) is 7.30. The molecule has 1 heterocycles. The van der Waals surface area contributed by atoms with Gasteiger partial charge in [0.05, 0.1) is 7.11 Å². The van der Waals surface area contributed by atoms with E-state index in [4.69, 9.17) is 4.74 Å². The number of halogens is 1. The molecule has 0 saturated heterocycles. The van der Waals surface area contributed by atoms with Crippen molar-refractivity contribution in [2.45, 2.75) is 17.4 Å². The smallest absolute Gasteiger partial charge is 0.221 e. The van der Waals surface area contributed by atoms with Crippen LogP contribution in [0, 0.1) is 5.82 Å². The highest BCUT2D eigenvalue weighted by Crippen LogP contribution is 2.29. The second kappa shape index (κ2) is 9.41. The maximum Gasteiger partial charge on any atom is 0.221 e. The van der Waals surface area contributed by atoms with Crippen LogP contribution in [0.15, 0.2) is 65.8 Å². The lowest BCUT2D eigenvalue weighted by Crippen LogP contribution is -2.31. The number of carbonyl (C=O) groups excluding carboxylic acids is 1. The van der Waals surface area contributed by atoms with Crippen molar-refractivity contribution >= 4 is 17.7 Å². The molecule has 1 aromatic heterocycles. The number of rotatable bonds is 8. The van der Waals surface area contributed by atoms with Crippen LogP contribution in [-0.4, -0.2) is 28.3 Å². The predicted molar refractivity (Wildman–Crippen MR) is 108 cm³/mol. The lowest BCUT2D eigenvalue weighted by Gasteiger charge is -2.21. The van der Waals surface area contributed by atoms with E-state index in [-0.39, 0.29) is 18.1 Å². The third-order valence-electron chi connectivity index (χ3n) is 4.30. The molecule has 1 N–H and O–H groups in total. The molecular formula is C21H22FN3O2S. The number of nitrogens with one attached hydrogen (secondary N) is 1. The monoisotopic (exact) mass is 399 g/mol. The van der Waals surface area contributed by atoms with E-state index in [0.29, 0.717) is 22.2 Å². The molecule has 0 fully saturated rings. The Kier molecular flexibility index (Phi) is 6.71. The van der Waals surface area contributed by atoms with Crippen molar-refractivity contribution in [2.24, 2.45) is 7.05 Å². The first-order chi connectivity index (χ1) is 13.6. The van der Waals surface area contributed by atoms with Gasteiger partial charge in [-0.2, -0.15) is 0 Å². The van der Waals surface area contributed by atoms with Crippen molar-refractivity contribution < 1.29 is 13.9 Å². The fraction of sp³-hybridized carbons (Fsp3) is 0.238. The molecule has 3 aromatic rings. The fourth-order valence-electron chi connectivity index (χ4n) is 2.89. The summed E-state index contributed by atoms with van der Waals surface area (Å²) in [5.41, 5.74) is 0.828. The van der Waals surface area contributed by atoms with Crippen molar-refractivity contribution in [3.05, 3.63) is 78.1 Å². The Morgan fingerprint density at radius 3 is 2.71 bits per heavy atom. The van der Waals surface area contributed by atoms with Crippen molar-refractivity contribution in [3.8, 4) is 5.75 Å². The quantitative estimate of drug-likeness (QED) is 0.583. The summed E-state index contributed by atoms with van der Waals surface area (Å²) in [6.45, 7) is 0. The third kappa shape index (κ3) is 4.72. The number of amides is 1. The van der Waals surface area contributed by atoms with Crippen molar-refractivity contribution in [1.29, 1.82) is 0 Å². The summed E-state index contributed by atoms with van der Waals surface area (Å²) in [4.78, 5) is 17.6. The average molecular weight is 399 g/mol. The Morgan fingerprint density at radius 2 is 2.00 bits per heavy atom. The average Bonchev–Trinajstić information content (AvgIpc) is 3.13. The second-order valence-electron chi connectivity index (χ2n) is 6.17. The van der Waals surface area contributed by atoms with Gasteiger partial charge in [0.15, 0.2) is 0 Å². The fourth-order valence-corrected chi connectivity index (χ4v) is 3.78. The minimum Gasteiger partial charge on any atom is -0.496 e. The molecule has 3 rings (SSSR count). The summed E-state index contributed by atoms with van der Waals surface area (Å²) >= 11 is 1.33. The third-order valence-corrected chi connectivity index (χ3v) is 5.35. The van der Waals surface area contributed by atoms with Gasteiger partial charge < -0.3 is 14.6 Å². The molecule has 1 unspecified atom stereocenters. The van der Waals surface area contributed by atoms with Gasteiger partial charge in [-0.3, -0.25) is 4.79 Å². The van der Waals surface area contributed by atoms with E-state index >= 15 is 0 Å². The molecule has 0 spiro atoms. The van der Waals surface area contributed by atoms with E-state index in [1.165, 1.54) is 17.8 Å². The first-order valence-electron chi connectivity index (χ1n) is 8.87. The van der Waals surface area contributed by atoms with Gasteiger partial charge in [0, 0.05) is 42.1 Å². The number of imidazole rings is 1. The van der Waals surface area contributed by atoms with Gasteiger partial charge in [-0.1, -0.05) is 30.3 Å². The SMILES string of the molecule is COc1ccccc1C(NC(=O)CCSc1ccccc1F)c1nccn1C. The summed E-state index contributed by atoms with van der Waals surface area (Å²) in [5, 5.41) is 3.04. The molecule has 0 radical (unpaired) electrons. The minimum atomic E-state index is -0.442. The number of methoxy groups -OCH3 is 1. The van der Waals surface area contributed by atoms with Gasteiger partial charge in [0.1, 0.15) is 23.4 Å². The van der Waals surface area contributed by atoms with Gasteiger partial charge >= 0.3 is 0 Å². The zero-order valence-corrected chi connectivity index (χ0v) is 16.6. The first-order valence-corrected chi connectivity index (χ1v) is 9.85. The van der Waals surface area contributed by atoms with E-state index in [1.807, 2.05) is 42.1 Å². The highest BCUT2D eigenvalue weighted by molar-refractivity contribution is 7.99. The standard InChI is InChI=1S/C21H22FN3O2S/c1-25-13-12-23-21(25)20(15-7-3-5-9-17(15)27-2)24-19(26)11-14-28-18-10-6-4-8-16(18)22/h3-10,12-13,20H,11,14H2,1-2H3,(H,24,26). The van der Waals surface area contributed by atoms with E-state index in [2.05, 4.69) is 10.3 Å². The van der Waals surface area contributed by atoms with Gasteiger partial charge in [0.2, 0.25) is 5.91 Å². The predicted octanol–water partition coefficient (Wildman–Crippen LogP) is 3.96. The molecule has 0 aliphatic carbocycles. The largest absolute Gasteiger partial charge is 0.496 e. The molecule has 146 valence electrons. The minimum absolute atomic E-state index is 0.136. The van der Waals surface area contributed by atoms with Crippen LogP contribution in [0.5, 0.6) is 5.75 Å². The van der Waals surface area contributed by atoms with E-state index < -0.39 is 6.04 Å². The summed E-state index contributed by atoms with van der Waals surface area (Å²) in [6, 6.07) is 13.7. The number of ether oxygens (including phenoxy) is 1. The molecule has 0 saturated carbocycles. The first kappa shape index (κ1) is 19.9. The Balaban J connectivity index is 1.72. The molecule has 1 atom stereocenters. The maximum absolute atomic E-state index is 13.7. The number of para-hydroxylation sites is 1. The molecule has 7 heteroatoms. The zero-order chi connectivity index (χ0) is 19.9. The number of hydrogen-bond acceptors (Lipinski definition) is 4. The lowest BCUT2D eigenvalue weighted by atomic mass is 10.0. The lowest BCUT2D eigenvalue weighted by molar-refractivity contribution is -0.121. The maximum atomic E-state index is 13.7. The number of benzene rings is 2. The molecule has 2 aromatic carbocycles. The molecule has 0 aliphatic rings. The normalized spacial score (nSPS) is 11.8. The molecule has 0 bridgehead atoms. The topological polar surface area (TPSA) is 56.1 Å². The number of nitrogens with zero attached hydrogens (tertiary/aromatic N) is 2. The van der Waals surface area contributed by atoms with Crippen LogP contribution in [0.1, 0.15) is 23.9 Å². The Morgan fingerprint density at radius 1 is 1.25 bits per heavy atom. The number of aryl methyl sites for hydroxylation is 1. The summed E-state index contributed by atoms with van der Waals surface area (Å²) < 4.78 is 21.0. The molecule has 5 nitrogen and oxygen atoms in total. The van der Waals surface area contributed by atoms with E-state index in [9.17, 15) is 9.18 Å². The van der Waals surface area contributed by atoms with Crippen LogP contribution in [0.2, 0.25) is 0 Å².